The molecule has 0 amide bonds. The van der Waals surface area contributed by atoms with Gasteiger partial charge in [-0.05, 0) is 37.1 Å². The zero-order valence-corrected chi connectivity index (χ0v) is 13.5. The van der Waals surface area contributed by atoms with Crippen LogP contribution in [0.1, 0.15) is 19.3 Å². The highest BCUT2D eigenvalue weighted by Gasteiger charge is 2.27. The summed E-state index contributed by atoms with van der Waals surface area (Å²) in [5, 5.41) is 8.41. The summed E-state index contributed by atoms with van der Waals surface area (Å²) in [6, 6.07) is 6.96. The van der Waals surface area contributed by atoms with Crippen LogP contribution in [0.5, 0.6) is 0 Å². The molecule has 0 saturated carbocycles. The maximum atomic E-state index is 12.3. The molecule has 1 fully saturated rings. The summed E-state index contributed by atoms with van der Waals surface area (Å²) in [7, 11) is -7.27. The lowest BCUT2D eigenvalue weighted by Crippen LogP contribution is -2.28. The summed E-state index contributed by atoms with van der Waals surface area (Å²) in [5.74, 6) is 0. The van der Waals surface area contributed by atoms with Crippen molar-refractivity contribution in [1.82, 2.24) is 9.03 Å². The van der Waals surface area contributed by atoms with Crippen LogP contribution in [-0.2, 0) is 20.0 Å². The zero-order chi connectivity index (χ0) is 16.2. The number of benzene rings is 1. The standard InChI is InChI=1S/C13H17N3O4S2/c14-8-3-9-15-21(17,18)12-4-6-13(7-5-12)22(19,20)16-10-1-2-11-16/h4-7,15H,1-3,9-11H2. The first kappa shape index (κ1) is 16.9. The van der Waals surface area contributed by atoms with Gasteiger partial charge in [0.05, 0.1) is 15.9 Å². The van der Waals surface area contributed by atoms with Gasteiger partial charge in [0.25, 0.3) is 0 Å². The third-order valence-corrected chi connectivity index (χ3v) is 6.76. The van der Waals surface area contributed by atoms with Gasteiger partial charge in [0.2, 0.25) is 20.0 Å². The van der Waals surface area contributed by atoms with Gasteiger partial charge in [-0.1, -0.05) is 0 Å². The van der Waals surface area contributed by atoms with E-state index in [0.29, 0.717) is 13.1 Å². The molecule has 22 heavy (non-hydrogen) atoms. The summed E-state index contributed by atoms with van der Waals surface area (Å²) in [5.41, 5.74) is 0. The maximum absolute atomic E-state index is 12.3. The predicted octanol–water partition coefficient (Wildman–Crippen LogP) is 0.663. The van der Waals surface area contributed by atoms with Crippen molar-refractivity contribution in [2.24, 2.45) is 0 Å². The van der Waals surface area contributed by atoms with Gasteiger partial charge in [0, 0.05) is 26.1 Å². The van der Waals surface area contributed by atoms with E-state index < -0.39 is 20.0 Å². The van der Waals surface area contributed by atoms with Gasteiger partial charge in [0.15, 0.2) is 0 Å². The summed E-state index contributed by atoms with van der Waals surface area (Å²) in [6.45, 7) is 1.02. The first-order valence-corrected chi connectivity index (χ1v) is 9.77. The molecule has 0 aromatic heterocycles. The van der Waals surface area contributed by atoms with Gasteiger partial charge >= 0.3 is 0 Å². The monoisotopic (exact) mass is 343 g/mol. The Morgan fingerprint density at radius 2 is 1.59 bits per heavy atom. The highest BCUT2D eigenvalue weighted by Crippen LogP contribution is 2.22. The van der Waals surface area contributed by atoms with Gasteiger partial charge in [-0.25, -0.2) is 21.6 Å². The van der Waals surface area contributed by atoms with Crippen molar-refractivity contribution in [2.45, 2.75) is 29.1 Å². The molecule has 0 radical (unpaired) electrons. The normalized spacial score (nSPS) is 16.5. The number of hydrogen-bond donors (Lipinski definition) is 1. The van der Waals surface area contributed by atoms with E-state index in [1.165, 1.54) is 28.6 Å². The summed E-state index contributed by atoms with van der Waals surface area (Å²) < 4.78 is 52.2. The predicted molar refractivity (Wildman–Crippen MR) is 79.9 cm³/mol. The van der Waals surface area contributed by atoms with Crippen molar-refractivity contribution >= 4 is 20.0 Å². The van der Waals surface area contributed by atoms with Gasteiger partial charge < -0.3 is 0 Å². The van der Waals surface area contributed by atoms with Crippen LogP contribution in [0.3, 0.4) is 0 Å². The molecule has 2 rings (SSSR count). The van der Waals surface area contributed by atoms with E-state index in [-0.39, 0.29) is 22.8 Å². The molecule has 7 nitrogen and oxygen atoms in total. The fourth-order valence-corrected chi connectivity index (χ4v) is 4.74. The van der Waals surface area contributed by atoms with Crippen LogP contribution >= 0.6 is 0 Å². The molecule has 9 heteroatoms. The summed E-state index contributed by atoms with van der Waals surface area (Å²) in [6.07, 6.45) is 1.75. The third-order valence-electron chi connectivity index (χ3n) is 3.37. The number of nitrogens with one attached hydrogen (secondary N) is 1. The van der Waals surface area contributed by atoms with Gasteiger partial charge in [-0.2, -0.15) is 9.57 Å². The number of rotatable bonds is 6. The van der Waals surface area contributed by atoms with Crippen LogP contribution in [-0.4, -0.2) is 40.8 Å². The molecule has 0 unspecified atom stereocenters. The third kappa shape index (κ3) is 3.64. The molecule has 1 N–H and O–H groups in total. The first-order chi connectivity index (χ1) is 10.4. The van der Waals surface area contributed by atoms with E-state index >= 15 is 0 Å². The average Bonchev–Trinajstić information content (AvgIpc) is 3.02. The average molecular weight is 343 g/mol. The fourth-order valence-electron chi connectivity index (χ4n) is 2.19. The minimum Gasteiger partial charge on any atom is -0.210 e. The Kier molecular flexibility index (Phi) is 5.18. The fraction of sp³-hybridized carbons (Fsp3) is 0.462. The van der Waals surface area contributed by atoms with Gasteiger partial charge in [0.1, 0.15) is 0 Å². The molecule has 0 bridgehead atoms. The Morgan fingerprint density at radius 3 is 2.14 bits per heavy atom. The number of nitrogens with zero attached hydrogens (tertiary/aromatic N) is 2. The highest BCUT2D eigenvalue weighted by atomic mass is 32.2. The number of hydrogen-bond acceptors (Lipinski definition) is 5. The SMILES string of the molecule is N#CCCNS(=O)(=O)c1ccc(S(=O)(=O)N2CCCC2)cc1. The van der Waals surface area contributed by atoms with Crippen molar-refractivity contribution in [3.8, 4) is 6.07 Å². The summed E-state index contributed by atoms with van der Waals surface area (Å²) >= 11 is 0. The van der Waals surface area contributed by atoms with Gasteiger partial charge in [-0.3, -0.25) is 0 Å². The van der Waals surface area contributed by atoms with E-state index in [2.05, 4.69) is 4.72 Å². The molecule has 1 saturated heterocycles. The van der Waals surface area contributed by atoms with Crippen LogP contribution in [0, 0.1) is 11.3 Å². The second kappa shape index (κ2) is 6.75. The minimum atomic E-state index is -3.72. The lowest BCUT2D eigenvalue weighted by atomic mass is 10.4. The molecular formula is C13H17N3O4S2. The van der Waals surface area contributed by atoms with Crippen molar-refractivity contribution in [2.75, 3.05) is 19.6 Å². The van der Waals surface area contributed by atoms with Crippen LogP contribution in [0.15, 0.2) is 34.1 Å². The molecule has 0 atom stereocenters. The Balaban J connectivity index is 2.18. The molecule has 1 aromatic carbocycles. The summed E-state index contributed by atoms with van der Waals surface area (Å²) in [4.78, 5) is 0.0659. The second-order valence-corrected chi connectivity index (χ2v) is 8.59. The highest BCUT2D eigenvalue weighted by molar-refractivity contribution is 7.89. The largest absolute Gasteiger partial charge is 0.243 e. The molecule has 0 aliphatic carbocycles. The van der Waals surface area contributed by atoms with E-state index in [0.717, 1.165) is 12.8 Å². The van der Waals surface area contributed by atoms with Crippen LogP contribution in [0.25, 0.3) is 0 Å². The molecule has 1 aromatic rings. The second-order valence-electron chi connectivity index (χ2n) is 4.89. The quantitative estimate of drug-likeness (QED) is 0.764. The number of sulfonamides is 2. The van der Waals surface area contributed by atoms with Crippen molar-refractivity contribution < 1.29 is 16.8 Å². The lowest BCUT2D eigenvalue weighted by molar-refractivity contribution is 0.477. The lowest BCUT2D eigenvalue weighted by Gasteiger charge is -2.15. The maximum Gasteiger partial charge on any atom is 0.243 e. The molecule has 1 aliphatic rings. The van der Waals surface area contributed by atoms with E-state index in [9.17, 15) is 16.8 Å². The Hall–Kier alpha value is -1.47. The van der Waals surface area contributed by atoms with Crippen LogP contribution < -0.4 is 4.72 Å². The minimum absolute atomic E-state index is 0.0205. The van der Waals surface area contributed by atoms with Crippen molar-refractivity contribution in [3.05, 3.63) is 24.3 Å². The molecular weight excluding hydrogens is 326 g/mol. The van der Waals surface area contributed by atoms with Crippen LogP contribution in [0.2, 0.25) is 0 Å². The van der Waals surface area contributed by atoms with Crippen LogP contribution in [0.4, 0.5) is 0 Å². The smallest absolute Gasteiger partial charge is 0.210 e. The molecule has 120 valence electrons. The van der Waals surface area contributed by atoms with E-state index in [1.807, 2.05) is 6.07 Å². The molecule has 0 spiro atoms. The Bertz CT molecular complexity index is 758. The van der Waals surface area contributed by atoms with Crippen molar-refractivity contribution in [3.63, 3.8) is 0 Å². The van der Waals surface area contributed by atoms with Gasteiger partial charge in [-0.15, -0.1) is 0 Å². The van der Waals surface area contributed by atoms with Crippen molar-refractivity contribution in [1.29, 1.82) is 5.26 Å². The topological polar surface area (TPSA) is 107 Å². The first-order valence-electron chi connectivity index (χ1n) is 6.85. The molecule has 1 aliphatic heterocycles. The Labute approximate surface area is 130 Å². The van der Waals surface area contributed by atoms with E-state index in [4.69, 9.17) is 5.26 Å². The van der Waals surface area contributed by atoms with E-state index in [1.54, 1.807) is 0 Å². The molecule has 1 heterocycles. The number of nitriles is 1. The zero-order valence-electron chi connectivity index (χ0n) is 11.9. The Morgan fingerprint density at radius 1 is 1.05 bits per heavy atom.